The summed E-state index contributed by atoms with van der Waals surface area (Å²) in [5, 5.41) is 3.48. The first kappa shape index (κ1) is 13.5. The molecular formula is C13H26N2O. The van der Waals surface area contributed by atoms with Crippen molar-refractivity contribution < 1.29 is 4.79 Å². The van der Waals surface area contributed by atoms with Gasteiger partial charge in [-0.3, -0.25) is 4.79 Å². The summed E-state index contributed by atoms with van der Waals surface area (Å²) >= 11 is 0. The van der Waals surface area contributed by atoms with Crippen LogP contribution in [0.25, 0.3) is 0 Å². The Balaban J connectivity index is 2.00. The lowest BCUT2D eigenvalue weighted by molar-refractivity contribution is -0.133. The second-order valence-electron chi connectivity index (χ2n) is 4.81. The standard InChI is InChI=1S/C13H26N2O/c1-3-12(2)14-9-5-7-11-15-10-6-4-8-13(15)16/h12,14H,3-11H2,1-2H3. The van der Waals surface area contributed by atoms with Crippen molar-refractivity contribution in [2.45, 2.75) is 58.4 Å². The molecule has 94 valence electrons. The normalized spacial score (nSPS) is 18.9. The lowest BCUT2D eigenvalue weighted by atomic mass is 10.1. The molecule has 1 saturated heterocycles. The molecule has 1 heterocycles. The van der Waals surface area contributed by atoms with Crippen LogP contribution in [0.5, 0.6) is 0 Å². The van der Waals surface area contributed by atoms with Gasteiger partial charge in [0.2, 0.25) is 5.91 Å². The minimum Gasteiger partial charge on any atom is -0.343 e. The Bertz CT molecular complexity index is 206. The van der Waals surface area contributed by atoms with Crippen molar-refractivity contribution in [3.63, 3.8) is 0 Å². The highest BCUT2D eigenvalue weighted by molar-refractivity contribution is 5.76. The van der Waals surface area contributed by atoms with Gasteiger partial charge in [-0.15, -0.1) is 0 Å². The van der Waals surface area contributed by atoms with Crippen LogP contribution < -0.4 is 5.32 Å². The van der Waals surface area contributed by atoms with Crippen molar-refractivity contribution in [3.8, 4) is 0 Å². The van der Waals surface area contributed by atoms with Crippen molar-refractivity contribution in [1.29, 1.82) is 0 Å². The lowest BCUT2D eigenvalue weighted by Gasteiger charge is -2.26. The molecule has 1 unspecified atom stereocenters. The maximum Gasteiger partial charge on any atom is 0.222 e. The molecule has 1 amide bonds. The van der Waals surface area contributed by atoms with Crippen LogP contribution in [0.1, 0.15) is 52.4 Å². The average Bonchev–Trinajstić information content (AvgIpc) is 2.30. The first-order chi connectivity index (χ1) is 7.74. The van der Waals surface area contributed by atoms with Crippen LogP contribution in [-0.4, -0.2) is 36.5 Å². The summed E-state index contributed by atoms with van der Waals surface area (Å²) < 4.78 is 0. The summed E-state index contributed by atoms with van der Waals surface area (Å²) in [6, 6.07) is 0.622. The number of hydrogen-bond donors (Lipinski definition) is 1. The van der Waals surface area contributed by atoms with Crippen molar-refractivity contribution in [2.75, 3.05) is 19.6 Å². The van der Waals surface area contributed by atoms with Crippen LogP contribution in [0.4, 0.5) is 0 Å². The fourth-order valence-corrected chi connectivity index (χ4v) is 2.02. The summed E-state index contributed by atoms with van der Waals surface area (Å²) in [6.07, 6.45) is 6.54. The fraction of sp³-hybridized carbons (Fsp3) is 0.923. The van der Waals surface area contributed by atoms with Gasteiger partial charge in [0.1, 0.15) is 0 Å². The van der Waals surface area contributed by atoms with Crippen LogP contribution >= 0.6 is 0 Å². The second kappa shape index (κ2) is 7.66. The monoisotopic (exact) mass is 226 g/mol. The molecule has 16 heavy (non-hydrogen) atoms. The molecule has 0 aromatic heterocycles. The van der Waals surface area contributed by atoms with Crippen LogP contribution in [0, 0.1) is 0 Å². The van der Waals surface area contributed by atoms with Gasteiger partial charge in [-0.1, -0.05) is 6.92 Å². The van der Waals surface area contributed by atoms with E-state index < -0.39 is 0 Å². The van der Waals surface area contributed by atoms with E-state index in [4.69, 9.17) is 0 Å². The number of carbonyl (C=O) groups is 1. The van der Waals surface area contributed by atoms with Gasteiger partial charge >= 0.3 is 0 Å². The number of nitrogens with one attached hydrogen (secondary N) is 1. The van der Waals surface area contributed by atoms with Crippen molar-refractivity contribution in [3.05, 3.63) is 0 Å². The number of piperidine rings is 1. The summed E-state index contributed by atoms with van der Waals surface area (Å²) in [5.41, 5.74) is 0. The number of likely N-dealkylation sites (tertiary alicyclic amines) is 1. The van der Waals surface area contributed by atoms with Crippen LogP contribution in [0.3, 0.4) is 0 Å². The van der Waals surface area contributed by atoms with Crippen molar-refractivity contribution in [2.24, 2.45) is 0 Å². The highest BCUT2D eigenvalue weighted by atomic mass is 16.2. The molecule has 1 fully saturated rings. The fourth-order valence-electron chi connectivity index (χ4n) is 2.02. The third-order valence-corrected chi connectivity index (χ3v) is 3.38. The van der Waals surface area contributed by atoms with Gasteiger partial charge in [0.05, 0.1) is 0 Å². The largest absolute Gasteiger partial charge is 0.343 e. The predicted molar refractivity (Wildman–Crippen MR) is 67.4 cm³/mol. The molecule has 0 aromatic carbocycles. The number of amides is 1. The molecule has 1 atom stereocenters. The van der Waals surface area contributed by atoms with Gasteiger partial charge in [-0.05, 0) is 45.6 Å². The van der Waals surface area contributed by atoms with Crippen molar-refractivity contribution in [1.82, 2.24) is 10.2 Å². The van der Waals surface area contributed by atoms with E-state index in [0.29, 0.717) is 11.9 Å². The molecule has 0 bridgehead atoms. The van der Waals surface area contributed by atoms with E-state index in [0.717, 1.165) is 38.9 Å². The van der Waals surface area contributed by atoms with E-state index in [-0.39, 0.29) is 0 Å². The molecule has 3 heteroatoms. The zero-order valence-electron chi connectivity index (χ0n) is 10.8. The summed E-state index contributed by atoms with van der Waals surface area (Å²) in [7, 11) is 0. The van der Waals surface area contributed by atoms with Crippen LogP contribution in [0.15, 0.2) is 0 Å². The minimum atomic E-state index is 0.362. The number of rotatable bonds is 7. The SMILES string of the molecule is CCC(C)NCCCCN1CCCCC1=O. The minimum absolute atomic E-state index is 0.362. The van der Waals surface area contributed by atoms with Gasteiger partial charge in [0.15, 0.2) is 0 Å². The Labute approximate surface area is 99.6 Å². The van der Waals surface area contributed by atoms with E-state index in [2.05, 4.69) is 19.2 Å². The van der Waals surface area contributed by atoms with E-state index in [1.165, 1.54) is 19.3 Å². The van der Waals surface area contributed by atoms with E-state index >= 15 is 0 Å². The Morgan fingerprint density at radius 2 is 2.19 bits per heavy atom. The second-order valence-corrected chi connectivity index (χ2v) is 4.81. The zero-order valence-corrected chi connectivity index (χ0v) is 10.8. The first-order valence-corrected chi connectivity index (χ1v) is 6.75. The highest BCUT2D eigenvalue weighted by Crippen LogP contribution is 2.10. The van der Waals surface area contributed by atoms with E-state index in [1.807, 2.05) is 4.90 Å². The molecule has 0 radical (unpaired) electrons. The third-order valence-electron chi connectivity index (χ3n) is 3.38. The van der Waals surface area contributed by atoms with Gasteiger partial charge in [0.25, 0.3) is 0 Å². The lowest BCUT2D eigenvalue weighted by Crippen LogP contribution is -2.36. The number of carbonyl (C=O) groups excluding carboxylic acids is 1. The molecule has 0 spiro atoms. The first-order valence-electron chi connectivity index (χ1n) is 6.75. The molecule has 1 N–H and O–H groups in total. The Hall–Kier alpha value is -0.570. The van der Waals surface area contributed by atoms with Gasteiger partial charge in [-0.25, -0.2) is 0 Å². The van der Waals surface area contributed by atoms with Crippen LogP contribution in [-0.2, 0) is 4.79 Å². The summed E-state index contributed by atoms with van der Waals surface area (Å²) in [5.74, 6) is 0.362. The number of nitrogens with zero attached hydrogens (tertiary/aromatic N) is 1. The molecule has 0 saturated carbocycles. The smallest absolute Gasteiger partial charge is 0.222 e. The predicted octanol–water partition coefficient (Wildman–Crippen LogP) is 2.17. The molecular weight excluding hydrogens is 200 g/mol. The maximum absolute atomic E-state index is 11.5. The van der Waals surface area contributed by atoms with Crippen molar-refractivity contribution >= 4 is 5.91 Å². The summed E-state index contributed by atoms with van der Waals surface area (Å²) in [4.78, 5) is 13.6. The number of hydrogen-bond acceptors (Lipinski definition) is 2. The molecule has 0 aliphatic carbocycles. The van der Waals surface area contributed by atoms with Crippen LogP contribution in [0.2, 0.25) is 0 Å². The molecule has 1 aliphatic heterocycles. The van der Waals surface area contributed by atoms with Gasteiger partial charge in [0, 0.05) is 25.6 Å². The Kier molecular flexibility index (Phi) is 6.46. The summed E-state index contributed by atoms with van der Waals surface area (Å²) in [6.45, 7) is 7.44. The third kappa shape index (κ3) is 4.97. The quantitative estimate of drug-likeness (QED) is 0.675. The Morgan fingerprint density at radius 3 is 2.88 bits per heavy atom. The molecule has 0 aromatic rings. The molecule has 3 nitrogen and oxygen atoms in total. The maximum atomic E-state index is 11.5. The van der Waals surface area contributed by atoms with Gasteiger partial charge in [-0.2, -0.15) is 0 Å². The molecule has 1 rings (SSSR count). The van der Waals surface area contributed by atoms with E-state index in [9.17, 15) is 4.79 Å². The average molecular weight is 226 g/mol. The number of unbranched alkanes of at least 4 members (excludes halogenated alkanes) is 1. The highest BCUT2D eigenvalue weighted by Gasteiger charge is 2.16. The molecule has 1 aliphatic rings. The topological polar surface area (TPSA) is 32.3 Å². The Morgan fingerprint density at radius 1 is 1.38 bits per heavy atom. The van der Waals surface area contributed by atoms with E-state index in [1.54, 1.807) is 0 Å². The zero-order chi connectivity index (χ0) is 11.8. The van der Waals surface area contributed by atoms with Gasteiger partial charge < -0.3 is 10.2 Å².